The van der Waals surface area contributed by atoms with Crippen molar-refractivity contribution in [3.8, 4) is 0 Å². The molecule has 0 radical (unpaired) electrons. The van der Waals surface area contributed by atoms with Gasteiger partial charge in [-0.1, -0.05) is 0 Å². The number of aliphatic hydroxyl groups is 2. The van der Waals surface area contributed by atoms with E-state index in [1.54, 1.807) is 9.80 Å². The van der Waals surface area contributed by atoms with Crippen LogP contribution in [0.1, 0.15) is 6.42 Å². The lowest BCUT2D eigenvalue weighted by molar-refractivity contribution is -0.139. The maximum atomic E-state index is 12.3. The molecule has 3 fully saturated rings. The van der Waals surface area contributed by atoms with E-state index in [2.05, 4.69) is 5.32 Å². The summed E-state index contributed by atoms with van der Waals surface area (Å²) in [5.41, 5.74) is 0. The van der Waals surface area contributed by atoms with Gasteiger partial charge >= 0.3 is 6.03 Å². The van der Waals surface area contributed by atoms with Crippen LogP contribution in [0.25, 0.3) is 0 Å². The van der Waals surface area contributed by atoms with Crippen molar-refractivity contribution in [2.45, 2.75) is 30.8 Å². The van der Waals surface area contributed by atoms with Crippen molar-refractivity contribution in [1.82, 2.24) is 15.1 Å². The summed E-state index contributed by atoms with van der Waals surface area (Å²) in [6.45, 7) is 4.12. The van der Waals surface area contributed by atoms with Crippen LogP contribution in [0, 0.1) is 0 Å². The number of carbonyl (C=O) groups excluding carboxylic acids is 2. The van der Waals surface area contributed by atoms with Gasteiger partial charge in [0.25, 0.3) is 0 Å². The Hall–Kier alpha value is -1.46. The molecule has 0 aliphatic carbocycles. The fraction of sp³-hybridized carbons (Fsp3) is 0.875. The molecule has 3 amide bonds. The summed E-state index contributed by atoms with van der Waals surface area (Å²) in [5, 5.41) is 23.1. The summed E-state index contributed by atoms with van der Waals surface area (Å²) in [6.07, 6.45) is -3.86. The summed E-state index contributed by atoms with van der Waals surface area (Å²) in [7, 11) is 0. The molecule has 10 heteroatoms. The van der Waals surface area contributed by atoms with Gasteiger partial charge in [0, 0.05) is 32.7 Å². The summed E-state index contributed by atoms with van der Waals surface area (Å²) >= 11 is 0. The van der Waals surface area contributed by atoms with Crippen LogP contribution in [0.15, 0.2) is 0 Å². The highest BCUT2D eigenvalue weighted by Gasteiger charge is 2.44. The SMILES string of the molecule is O=C(CC1OC(CNC(=O)N2CCOCC2)C(O)C1O)N1CCOCC1. The average molecular weight is 373 g/mol. The zero-order valence-electron chi connectivity index (χ0n) is 14.7. The van der Waals surface area contributed by atoms with Gasteiger partial charge < -0.3 is 39.5 Å². The molecule has 3 N–H and O–H groups in total. The number of hydrogen-bond donors (Lipinski definition) is 3. The largest absolute Gasteiger partial charge is 0.388 e. The molecule has 3 heterocycles. The van der Waals surface area contributed by atoms with Crippen molar-refractivity contribution in [2.24, 2.45) is 0 Å². The maximum absolute atomic E-state index is 12.3. The minimum atomic E-state index is -1.16. The fourth-order valence-electron chi connectivity index (χ4n) is 3.34. The molecule has 4 unspecified atom stereocenters. The second-order valence-electron chi connectivity index (χ2n) is 6.68. The quantitative estimate of drug-likeness (QED) is 0.510. The number of amides is 3. The Labute approximate surface area is 152 Å². The zero-order valence-corrected chi connectivity index (χ0v) is 14.7. The molecule has 10 nitrogen and oxygen atoms in total. The normalized spacial score (nSPS) is 32.5. The number of hydrogen-bond acceptors (Lipinski definition) is 7. The molecule has 3 aliphatic heterocycles. The highest BCUT2D eigenvalue weighted by atomic mass is 16.5. The number of nitrogens with one attached hydrogen (secondary N) is 1. The smallest absolute Gasteiger partial charge is 0.317 e. The molecule has 3 aliphatic rings. The van der Waals surface area contributed by atoms with Crippen LogP contribution in [0.2, 0.25) is 0 Å². The number of ether oxygens (including phenoxy) is 3. The molecule has 3 saturated heterocycles. The van der Waals surface area contributed by atoms with Gasteiger partial charge in [-0.3, -0.25) is 4.79 Å². The first kappa shape index (κ1) is 19.3. The van der Waals surface area contributed by atoms with Crippen LogP contribution in [0.3, 0.4) is 0 Å². The Balaban J connectivity index is 1.45. The number of urea groups is 1. The number of aliphatic hydroxyl groups excluding tert-OH is 2. The average Bonchev–Trinajstić information content (AvgIpc) is 2.95. The van der Waals surface area contributed by atoms with Crippen molar-refractivity contribution in [2.75, 3.05) is 59.2 Å². The van der Waals surface area contributed by atoms with E-state index in [0.717, 1.165) is 0 Å². The summed E-state index contributed by atoms with van der Waals surface area (Å²) in [5.74, 6) is -0.137. The zero-order chi connectivity index (χ0) is 18.5. The number of rotatable bonds is 4. The maximum Gasteiger partial charge on any atom is 0.317 e. The van der Waals surface area contributed by atoms with Gasteiger partial charge in [-0.05, 0) is 0 Å². The van der Waals surface area contributed by atoms with Crippen LogP contribution in [-0.2, 0) is 19.0 Å². The van der Waals surface area contributed by atoms with Crippen molar-refractivity contribution >= 4 is 11.9 Å². The first-order chi connectivity index (χ1) is 12.6. The van der Waals surface area contributed by atoms with Gasteiger partial charge in [-0.15, -0.1) is 0 Å². The third kappa shape index (κ3) is 4.63. The third-order valence-corrected chi connectivity index (χ3v) is 4.95. The van der Waals surface area contributed by atoms with Crippen LogP contribution in [0.4, 0.5) is 4.79 Å². The molecule has 148 valence electrons. The lowest BCUT2D eigenvalue weighted by atomic mass is 10.0. The van der Waals surface area contributed by atoms with E-state index in [9.17, 15) is 19.8 Å². The fourth-order valence-corrected chi connectivity index (χ4v) is 3.34. The van der Waals surface area contributed by atoms with Crippen molar-refractivity contribution in [3.05, 3.63) is 0 Å². The molecule has 0 bridgehead atoms. The molecule has 0 saturated carbocycles. The third-order valence-electron chi connectivity index (χ3n) is 4.95. The van der Waals surface area contributed by atoms with Gasteiger partial charge in [0.1, 0.15) is 18.3 Å². The minimum Gasteiger partial charge on any atom is -0.388 e. The van der Waals surface area contributed by atoms with Crippen molar-refractivity contribution < 1.29 is 34.0 Å². The molecule has 0 aromatic heterocycles. The van der Waals surface area contributed by atoms with Gasteiger partial charge in [0.2, 0.25) is 5.91 Å². The summed E-state index contributed by atoms with van der Waals surface area (Å²) < 4.78 is 16.1. The van der Waals surface area contributed by atoms with Crippen LogP contribution in [-0.4, -0.2) is 116 Å². The number of carbonyl (C=O) groups is 2. The molecule has 0 aromatic rings. The van der Waals surface area contributed by atoms with E-state index in [-0.39, 0.29) is 24.9 Å². The summed E-state index contributed by atoms with van der Waals surface area (Å²) in [6, 6.07) is -0.258. The molecule has 0 spiro atoms. The van der Waals surface area contributed by atoms with E-state index in [1.165, 1.54) is 0 Å². The van der Waals surface area contributed by atoms with Gasteiger partial charge in [0.05, 0.1) is 39.0 Å². The first-order valence-corrected chi connectivity index (χ1v) is 9.04. The molecular weight excluding hydrogens is 346 g/mol. The van der Waals surface area contributed by atoms with E-state index in [1.807, 2.05) is 0 Å². The van der Waals surface area contributed by atoms with E-state index in [0.29, 0.717) is 52.6 Å². The predicted molar refractivity (Wildman–Crippen MR) is 88.5 cm³/mol. The molecule has 0 aromatic carbocycles. The molecular formula is C16H27N3O7. The molecule has 4 atom stereocenters. The first-order valence-electron chi connectivity index (χ1n) is 9.04. The Morgan fingerprint density at radius 1 is 0.885 bits per heavy atom. The minimum absolute atomic E-state index is 0.00780. The Kier molecular flexibility index (Phi) is 6.65. The molecule has 26 heavy (non-hydrogen) atoms. The monoisotopic (exact) mass is 373 g/mol. The lowest BCUT2D eigenvalue weighted by Gasteiger charge is -2.28. The Morgan fingerprint density at radius 3 is 2.04 bits per heavy atom. The predicted octanol–water partition coefficient (Wildman–Crippen LogP) is -2.23. The Bertz CT molecular complexity index is 494. The Morgan fingerprint density at radius 2 is 1.42 bits per heavy atom. The van der Waals surface area contributed by atoms with Crippen LogP contribution >= 0.6 is 0 Å². The van der Waals surface area contributed by atoms with Gasteiger partial charge in [0.15, 0.2) is 0 Å². The highest BCUT2D eigenvalue weighted by Crippen LogP contribution is 2.24. The lowest BCUT2D eigenvalue weighted by Crippen LogP contribution is -2.49. The van der Waals surface area contributed by atoms with Crippen molar-refractivity contribution in [1.29, 1.82) is 0 Å². The molecule has 3 rings (SSSR count). The standard InChI is InChI=1S/C16H27N3O7/c20-13(18-1-5-24-6-2-18)9-11-14(21)15(22)12(26-11)10-17-16(23)19-3-7-25-8-4-19/h11-12,14-15,21-22H,1-10H2,(H,17,23). The van der Waals surface area contributed by atoms with E-state index in [4.69, 9.17) is 14.2 Å². The van der Waals surface area contributed by atoms with Gasteiger partial charge in [-0.25, -0.2) is 4.79 Å². The highest BCUT2D eigenvalue weighted by molar-refractivity contribution is 5.77. The van der Waals surface area contributed by atoms with Crippen LogP contribution < -0.4 is 5.32 Å². The van der Waals surface area contributed by atoms with E-state index < -0.39 is 24.4 Å². The summed E-state index contributed by atoms with van der Waals surface area (Å²) in [4.78, 5) is 27.7. The van der Waals surface area contributed by atoms with E-state index >= 15 is 0 Å². The second kappa shape index (κ2) is 8.96. The van der Waals surface area contributed by atoms with Crippen LogP contribution in [0.5, 0.6) is 0 Å². The number of nitrogens with zero attached hydrogens (tertiary/aromatic N) is 2. The van der Waals surface area contributed by atoms with Gasteiger partial charge in [-0.2, -0.15) is 0 Å². The topological polar surface area (TPSA) is 121 Å². The second-order valence-corrected chi connectivity index (χ2v) is 6.68. The van der Waals surface area contributed by atoms with Crippen molar-refractivity contribution in [3.63, 3.8) is 0 Å². The number of morpholine rings is 2.